The second-order valence-corrected chi connectivity index (χ2v) is 4.21. The predicted molar refractivity (Wildman–Crippen MR) is 63.5 cm³/mol. The molecule has 1 unspecified atom stereocenters. The number of phenolic OH excluding ortho intramolecular Hbond substituents is 1. The van der Waals surface area contributed by atoms with Crippen molar-refractivity contribution in [3.8, 4) is 17.2 Å². The molecule has 0 saturated heterocycles. The average Bonchev–Trinajstić information content (AvgIpc) is 2.31. The molecule has 96 valence electrons. The molecule has 0 aromatic heterocycles. The molecule has 1 N–H and O–H groups in total. The van der Waals surface area contributed by atoms with E-state index >= 15 is 0 Å². The van der Waals surface area contributed by atoms with Gasteiger partial charge in [0, 0.05) is 24.5 Å². The summed E-state index contributed by atoms with van der Waals surface area (Å²) >= 11 is 0. The summed E-state index contributed by atoms with van der Waals surface area (Å²) in [7, 11) is 1.43. The van der Waals surface area contributed by atoms with Crippen LogP contribution in [-0.2, 0) is 11.2 Å². The van der Waals surface area contributed by atoms with Gasteiger partial charge in [-0.15, -0.1) is 0 Å². The lowest BCUT2D eigenvalue weighted by atomic mass is 9.95. The molecule has 1 aliphatic rings. The number of Topliss-reactive ketones (excluding diaryl/α,β-unsaturated/α-hetero) is 1. The first-order chi connectivity index (χ1) is 8.58. The van der Waals surface area contributed by atoms with Crippen LogP contribution in [0.15, 0.2) is 6.07 Å². The van der Waals surface area contributed by atoms with Crippen molar-refractivity contribution in [3.05, 3.63) is 17.2 Å². The van der Waals surface area contributed by atoms with E-state index in [1.165, 1.54) is 13.2 Å². The molecule has 0 fully saturated rings. The lowest BCUT2D eigenvalue weighted by molar-refractivity contribution is -0.107. The fraction of sp³-hybridized carbons (Fsp3) is 0.385. The Morgan fingerprint density at radius 2 is 2.33 bits per heavy atom. The van der Waals surface area contributed by atoms with E-state index < -0.39 is 0 Å². The number of hydrogen-bond donors (Lipinski definition) is 1. The Balaban J connectivity index is 2.67. The van der Waals surface area contributed by atoms with E-state index in [2.05, 4.69) is 0 Å². The van der Waals surface area contributed by atoms with Crippen molar-refractivity contribution >= 4 is 12.1 Å². The minimum atomic E-state index is -0.276. The maximum atomic E-state index is 11.9. The summed E-state index contributed by atoms with van der Waals surface area (Å²) in [4.78, 5) is 22.6. The Kier molecular flexibility index (Phi) is 3.23. The summed E-state index contributed by atoms with van der Waals surface area (Å²) in [5.41, 5.74) is 0.644. The highest BCUT2D eigenvalue weighted by molar-refractivity contribution is 6.03. The van der Waals surface area contributed by atoms with E-state index in [0.717, 1.165) is 0 Å². The highest BCUT2D eigenvalue weighted by Crippen LogP contribution is 2.42. The second kappa shape index (κ2) is 4.68. The van der Waals surface area contributed by atoms with Gasteiger partial charge in [0.2, 0.25) is 0 Å². The molecule has 18 heavy (non-hydrogen) atoms. The van der Waals surface area contributed by atoms with Gasteiger partial charge in [-0.1, -0.05) is 0 Å². The van der Waals surface area contributed by atoms with Crippen LogP contribution in [0.4, 0.5) is 0 Å². The number of methoxy groups -OCH3 is 1. The van der Waals surface area contributed by atoms with Crippen LogP contribution >= 0.6 is 0 Å². The zero-order chi connectivity index (χ0) is 13.3. The first kappa shape index (κ1) is 12.4. The number of benzene rings is 1. The lowest BCUT2D eigenvalue weighted by Gasteiger charge is -2.26. The molecule has 0 spiro atoms. The molecule has 2 rings (SSSR count). The first-order valence-corrected chi connectivity index (χ1v) is 5.64. The summed E-state index contributed by atoms with van der Waals surface area (Å²) in [5, 5.41) is 9.85. The van der Waals surface area contributed by atoms with Crippen LogP contribution in [0.2, 0.25) is 0 Å². The predicted octanol–water partition coefficient (Wildman–Crippen LogP) is 1.50. The molecule has 0 aliphatic carbocycles. The normalized spacial score (nSPS) is 17.9. The summed E-state index contributed by atoms with van der Waals surface area (Å²) in [6, 6.07) is 1.34. The quantitative estimate of drug-likeness (QED) is 0.823. The lowest BCUT2D eigenvalue weighted by Crippen LogP contribution is -2.25. The molecule has 1 aliphatic heterocycles. The van der Waals surface area contributed by atoms with Gasteiger partial charge in [0.05, 0.1) is 7.11 Å². The van der Waals surface area contributed by atoms with Gasteiger partial charge in [0.25, 0.3) is 0 Å². The van der Waals surface area contributed by atoms with Crippen LogP contribution in [0.5, 0.6) is 17.2 Å². The highest BCUT2D eigenvalue weighted by atomic mass is 16.5. The fourth-order valence-corrected chi connectivity index (χ4v) is 2.13. The van der Waals surface area contributed by atoms with Crippen LogP contribution in [0.1, 0.15) is 29.3 Å². The van der Waals surface area contributed by atoms with E-state index in [4.69, 9.17) is 9.47 Å². The Morgan fingerprint density at radius 3 is 2.94 bits per heavy atom. The van der Waals surface area contributed by atoms with Gasteiger partial charge in [-0.05, 0) is 6.92 Å². The largest absolute Gasteiger partial charge is 0.507 e. The molecular weight excluding hydrogens is 236 g/mol. The van der Waals surface area contributed by atoms with Gasteiger partial charge in [0.15, 0.2) is 5.78 Å². The summed E-state index contributed by atoms with van der Waals surface area (Å²) in [6.07, 6.45) is 0.725. The fourth-order valence-electron chi connectivity index (χ4n) is 2.13. The monoisotopic (exact) mass is 250 g/mol. The van der Waals surface area contributed by atoms with Gasteiger partial charge < -0.3 is 19.4 Å². The number of hydrogen-bond acceptors (Lipinski definition) is 5. The highest BCUT2D eigenvalue weighted by Gasteiger charge is 2.31. The minimum absolute atomic E-state index is 0.0752. The molecule has 0 saturated carbocycles. The van der Waals surface area contributed by atoms with Crippen LogP contribution in [0, 0.1) is 0 Å². The van der Waals surface area contributed by atoms with Crippen molar-refractivity contribution in [2.45, 2.75) is 25.9 Å². The number of aromatic hydroxyl groups is 1. The number of carbonyl (C=O) groups excluding carboxylic acids is 2. The van der Waals surface area contributed by atoms with Crippen molar-refractivity contribution in [2.24, 2.45) is 0 Å². The summed E-state index contributed by atoms with van der Waals surface area (Å²) in [6.45, 7) is 1.77. The van der Waals surface area contributed by atoms with Crippen molar-refractivity contribution in [3.63, 3.8) is 0 Å². The van der Waals surface area contributed by atoms with Crippen molar-refractivity contribution < 1.29 is 24.2 Å². The molecule has 5 heteroatoms. The molecular formula is C13H14O5. The summed E-state index contributed by atoms with van der Waals surface area (Å²) in [5.74, 6) is 0.257. The molecule has 0 radical (unpaired) electrons. The second-order valence-electron chi connectivity index (χ2n) is 4.21. The number of rotatable bonds is 3. The zero-order valence-corrected chi connectivity index (χ0v) is 10.2. The van der Waals surface area contributed by atoms with E-state index in [9.17, 15) is 14.7 Å². The van der Waals surface area contributed by atoms with Crippen LogP contribution in [0.25, 0.3) is 0 Å². The third-order valence-corrected chi connectivity index (χ3v) is 2.90. The van der Waals surface area contributed by atoms with Crippen molar-refractivity contribution in [1.29, 1.82) is 0 Å². The third-order valence-electron chi connectivity index (χ3n) is 2.90. The van der Waals surface area contributed by atoms with Gasteiger partial charge in [-0.3, -0.25) is 4.79 Å². The molecule has 0 bridgehead atoms. The number of ketones is 1. The maximum Gasteiger partial charge on any atom is 0.174 e. The van der Waals surface area contributed by atoms with Gasteiger partial charge in [-0.25, -0.2) is 0 Å². The number of fused-ring (bicyclic) bond motifs is 1. The Bertz CT molecular complexity index is 507. The minimum Gasteiger partial charge on any atom is -0.507 e. The summed E-state index contributed by atoms with van der Waals surface area (Å²) < 4.78 is 10.7. The average molecular weight is 250 g/mol. The number of ether oxygens (including phenoxy) is 2. The Morgan fingerprint density at radius 1 is 1.61 bits per heavy atom. The van der Waals surface area contributed by atoms with Crippen molar-refractivity contribution in [2.75, 3.05) is 7.11 Å². The molecule has 0 amide bonds. The van der Waals surface area contributed by atoms with E-state index in [1.54, 1.807) is 6.92 Å². The first-order valence-electron chi connectivity index (χ1n) is 5.64. The number of carbonyl (C=O) groups is 2. The van der Waals surface area contributed by atoms with E-state index in [-0.39, 0.29) is 41.8 Å². The SMILES string of the molecule is COc1cc(O)c2c(c1CC=O)OC(C)CC2=O. The third kappa shape index (κ3) is 1.92. The zero-order valence-electron chi connectivity index (χ0n) is 10.2. The number of aldehydes is 1. The smallest absolute Gasteiger partial charge is 0.174 e. The Labute approximate surface area is 104 Å². The maximum absolute atomic E-state index is 11.9. The number of phenols is 1. The van der Waals surface area contributed by atoms with Gasteiger partial charge in [0.1, 0.15) is 35.2 Å². The van der Waals surface area contributed by atoms with E-state index in [0.29, 0.717) is 17.6 Å². The Hall–Kier alpha value is -2.04. The van der Waals surface area contributed by atoms with Crippen LogP contribution < -0.4 is 9.47 Å². The van der Waals surface area contributed by atoms with Gasteiger partial charge >= 0.3 is 0 Å². The molecule has 1 aromatic rings. The molecule has 5 nitrogen and oxygen atoms in total. The van der Waals surface area contributed by atoms with Crippen molar-refractivity contribution in [1.82, 2.24) is 0 Å². The van der Waals surface area contributed by atoms with E-state index in [1.807, 2.05) is 0 Å². The molecule has 1 atom stereocenters. The molecule has 1 heterocycles. The van der Waals surface area contributed by atoms with Crippen LogP contribution in [0.3, 0.4) is 0 Å². The molecule has 1 aromatic carbocycles. The van der Waals surface area contributed by atoms with Gasteiger partial charge in [-0.2, -0.15) is 0 Å². The standard InChI is InChI=1S/C13H14O5/c1-7-5-9(15)12-10(16)6-11(17-2)8(3-4-14)13(12)18-7/h4,6-7,16H,3,5H2,1-2H3. The van der Waals surface area contributed by atoms with Crippen LogP contribution in [-0.4, -0.2) is 30.4 Å². The topological polar surface area (TPSA) is 72.8 Å².